The summed E-state index contributed by atoms with van der Waals surface area (Å²) in [4.78, 5) is 0. The number of ether oxygens (including phenoxy) is 2. The summed E-state index contributed by atoms with van der Waals surface area (Å²) < 4.78 is 51.0. The van der Waals surface area contributed by atoms with Crippen LogP contribution in [0.2, 0.25) is 0 Å². The number of aryl methyl sites for hydroxylation is 5. The second kappa shape index (κ2) is 13.1. The average molecular weight is 585 g/mol. The van der Waals surface area contributed by atoms with Gasteiger partial charge in [-0.05, 0) is 83.2 Å². The maximum absolute atomic E-state index is 13.4. The van der Waals surface area contributed by atoms with Gasteiger partial charge in [-0.1, -0.05) is 56.7 Å². The van der Waals surface area contributed by atoms with Gasteiger partial charge in [0.05, 0.1) is 0 Å². The first-order chi connectivity index (χ1) is 18.8. The van der Waals surface area contributed by atoms with Crippen LogP contribution in [0.5, 0.6) is 23.0 Å². The van der Waals surface area contributed by atoms with Gasteiger partial charge < -0.3 is 9.47 Å². The van der Waals surface area contributed by atoms with Crippen molar-refractivity contribution in [3.05, 3.63) is 82.4 Å². The van der Waals surface area contributed by atoms with Crippen molar-refractivity contribution < 1.29 is 27.7 Å². The predicted octanol–water partition coefficient (Wildman–Crippen LogP) is 10.1. The van der Waals surface area contributed by atoms with E-state index in [4.69, 9.17) is 18.5 Å². The van der Waals surface area contributed by atoms with Crippen LogP contribution in [0.25, 0.3) is 0 Å². The summed E-state index contributed by atoms with van der Waals surface area (Å²) in [7, 11) is -4.57. The molecule has 6 nitrogen and oxygen atoms in total. The van der Waals surface area contributed by atoms with E-state index in [1.165, 1.54) is 5.56 Å². The van der Waals surface area contributed by atoms with Crippen LogP contribution in [0.3, 0.4) is 0 Å². The molecule has 0 radical (unpaired) electrons. The number of rotatable bonds is 13. The molecule has 0 heterocycles. The molecule has 3 rings (SSSR count). The Morgan fingerprint density at radius 3 is 1.70 bits per heavy atom. The molecular weight excluding hydrogens is 542 g/mol. The van der Waals surface area contributed by atoms with E-state index in [9.17, 15) is 9.13 Å². The van der Waals surface area contributed by atoms with Gasteiger partial charge in [0.2, 0.25) is 0 Å². The van der Waals surface area contributed by atoms with Gasteiger partial charge in [0, 0.05) is 33.3 Å². The molecule has 0 bridgehead atoms. The molecule has 0 N–H and O–H groups in total. The molecule has 0 saturated carbocycles. The minimum Gasteiger partial charge on any atom is -0.441 e. The van der Waals surface area contributed by atoms with E-state index < -0.39 is 26.7 Å². The number of para-hydroxylation sites is 1. The predicted molar refractivity (Wildman–Crippen MR) is 163 cm³/mol. The summed E-state index contributed by atoms with van der Waals surface area (Å²) in [6.45, 7) is 17.3. The lowest BCUT2D eigenvalue weighted by atomic mass is 10.0. The van der Waals surface area contributed by atoms with Gasteiger partial charge in [0.15, 0.2) is 11.5 Å². The molecule has 40 heavy (non-hydrogen) atoms. The fraction of sp³-hybridized carbons (Fsp3) is 0.438. The second-order valence-corrected chi connectivity index (χ2v) is 14.3. The van der Waals surface area contributed by atoms with Crippen LogP contribution in [0.1, 0.15) is 75.3 Å². The van der Waals surface area contributed by atoms with Gasteiger partial charge in [-0.15, -0.1) is 0 Å². The molecule has 0 fully saturated rings. The molecule has 214 valence electrons. The molecule has 3 aromatic carbocycles. The largest absolute Gasteiger partial charge is 0.604 e. The third-order valence-electron chi connectivity index (χ3n) is 6.81. The Morgan fingerprint density at radius 1 is 0.675 bits per heavy atom. The van der Waals surface area contributed by atoms with E-state index in [2.05, 4.69) is 19.1 Å². The highest BCUT2D eigenvalue weighted by molar-refractivity contribution is 7.41. The van der Waals surface area contributed by atoms with E-state index in [-0.39, 0.29) is 0 Å². The highest BCUT2D eigenvalue weighted by Gasteiger charge is 2.50. The first kappa shape index (κ1) is 31.6. The van der Waals surface area contributed by atoms with E-state index in [1.54, 1.807) is 45.0 Å². The Morgan fingerprint density at radius 2 is 1.18 bits per heavy atom. The normalized spacial score (nSPS) is 13.7. The molecule has 3 unspecified atom stereocenters. The standard InChI is InChI=1S/C32H42O6P2/c1-10-14-26-19-24(5)30(25(6)20-26)35-31(7,8)39(33)37-27-17-13-18-28(21-27)38-40(34)32(9,11-2)36-29-22(3)15-12-16-23(29)4/h12-13,15-21H,10-11,14H2,1-9H3/q+2. The zero-order valence-corrected chi connectivity index (χ0v) is 27.0. The van der Waals surface area contributed by atoms with Gasteiger partial charge in [-0.3, -0.25) is 9.05 Å². The smallest absolute Gasteiger partial charge is 0.441 e. The lowest BCUT2D eigenvalue weighted by molar-refractivity contribution is 0.157. The third kappa shape index (κ3) is 7.62. The molecule has 0 aromatic heterocycles. The maximum atomic E-state index is 13.4. The quantitative estimate of drug-likeness (QED) is 0.186. The van der Waals surface area contributed by atoms with Crippen LogP contribution in [-0.2, 0) is 15.6 Å². The molecule has 3 atom stereocenters. The first-order valence-electron chi connectivity index (χ1n) is 13.7. The lowest BCUT2D eigenvalue weighted by Crippen LogP contribution is -2.29. The molecule has 0 saturated heterocycles. The van der Waals surface area contributed by atoms with Crippen LogP contribution in [0.4, 0.5) is 0 Å². The van der Waals surface area contributed by atoms with Crippen molar-refractivity contribution in [2.45, 2.75) is 92.3 Å². The van der Waals surface area contributed by atoms with Crippen LogP contribution in [0, 0.1) is 27.7 Å². The van der Waals surface area contributed by atoms with Gasteiger partial charge >= 0.3 is 26.7 Å². The zero-order chi connectivity index (χ0) is 29.7. The van der Waals surface area contributed by atoms with Crippen molar-refractivity contribution in [2.24, 2.45) is 0 Å². The van der Waals surface area contributed by atoms with Gasteiger partial charge in [0.1, 0.15) is 11.5 Å². The minimum absolute atomic E-state index is 0.333. The summed E-state index contributed by atoms with van der Waals surface area (Å²) in [6.07, 6.45) is 2.54. The molecule has 3 aromatic rings. The Bertz CT molecular complexity index is 1340. The minimum atomic E-state index is -2.29. The van der Waals surface area contributed by atoms with Crippen LogP contribution >= 0.6 is 16.1 Å². The summed E-state index contributed by atoms with van der Waals surface area (Å²) in [6, 6.07) is 16.8. The van der Waals surface area contributed by atoms with Crippen molar-refractivity contribution in [1.82, 2.24) is 0 Å². The molecule has 0 amide bonds. The molecule has 0 spiro atoms. The van der Waals surface area contributed by atoms with Crippen LogP contribution in [-0.4, -0.2) is 10.7 Å². The molecule has 0 aliphatic heterocycles. The Balaban J connectivity index is 1.73. The van der Waals surface area contributed by atoms with Crippen LogP contribution in [0.15, 0.2) is 54.6 Å². The highest BCUT2D eigenvalue weighted by Crippen LogP contribution is 2.47. The number of hydrogen-bond acceptors (Lipinski definition) is 6. The van der Waals surface area contributed by atoms with Gasteiger partial charge in [0.25, 0.3) is 0 Å². The summed E-state index contributed by atoms with van der Waals surface area (Å²) >= 11 is 0. The number of hydrogen-bond donors (Lipinski definition) is 0. The number of benzene rings is 3. The van der Waals surface area contributed by atoms with Gasteiger partial charge in [-0.2, -0.15) is 0 Å². The molecular formula is C32H42O6P2+2. The average Bonchev–Trinajstić information content (AvgIpc) is 2.88. The lowest BCUT2D eigenvalue weighted by Gasteiger charge is -2.21. The van der Waals surface area contributed by atoms with Crippen molar-refractivity contribution in [1.29, 1.82) is 0 Å². The Hall–Kier alpha value is -2.94. The van der Waals surface area contributed by atoms with Crippen molar-refractivity contribution >= 4 is 16.1 Å². The summed E-state index contributed by atoms with van der Waals surface area (Å²) in [5, 5.41) is -2.15. The molecule has 0 aliphatic rings. The van der Waals surface area contributed by atoms with Crippen molar-refractivity contribution in [3.8, 4) is 23.0 Å². The van der Waals surface area contributed by atoms with Gasteiger partial charge in [-0.25, -0.2) is 0 Å². The summed E-state index contributed by atoms with van der Waals surface area (Å²) in [5.74, 6) is 2.09. The van der Waals surface area contributed by atoms with Crippen molar-refractivity contribution in [3.63, 3.8) is 0 Å². The van der Waals surface area contributed by atoms with E-state index in [1.807, 2.05) is 52.8 Å². The molecule has 8 heteroatoms. The van der Waals surface area contributed by atoms with Crippen molar-refractivity contribution in [2.75, 3.05) is 0 Å². The SMILES string of the molecule is CCCc1cc(C)c(OC(C)(C)[P+](=O)Oc2cccc(O[P+](=O)C(C)(CC)Oc3c(C)cccc3C)c2)c(C)c1. The topological polar surface area (TPSA) is 71.1 Å². The first-order valence-corrected chi connectivity index (χ1v) is 16.1. The highest BCUT2D eigenvalue weighted by atomic mass is 31.1. The van der Waals surface area contributed by atoms with E-state index in [0.717, 1.165) is 35.1 Å². The maximum Gasteiger partial charge on any atom is 0.604 e. The monoisotopic (exact) mass is 584 g/mol. The summed E-state index contributed by atoms with van der Waals surface area (Å²) in [5.41, 5.74) is 5.20. The third-order valence-corrected chi connectivity index (χ3v) is 9.71. The molecule has 0 aliphatic carbocycles. The Kier molecular flexibility index (Phi) is 10.4. The zero-order valence-electron chi connectivity index (χ0n) is 25.2. The van der Waals surface area contributed by atoms with E-state index >= 15 is 0 Å². The second-order valence-electron chi connectivity index (χ2n) is 10.9. The fourth-order valence-corrected chi connectivity index (χ4v) is 5.94. The van der Waals surface area contributed by atoms with E-state index in [0.29, 0.717) is 29.4 Å². The Labute approximate surface area is 241 Å². The fourth-order valence-electron chi connectivity index (χ4n) is 4.33. The van der Waals surface area contributed by atoms with Crippen LogP contribution < -0.4 is 18.5 Å².